The van der Waals surface area contributed by atoms with Gasteiger partial charge >= 0.3 is 5.97 Å². The van der Waals surface area contributed by atoms with E-state index in [9.17, 15) is 9.59 Å². The third-order valence-electron chi connectivity index (χ3n) is 3.50. The van der Waals surface area contributed by atoms with Gasteiger partial charge in [0.1, 0.15) is 17.8 Å². The second-order valence-corrected chi connectivity index (χ2v) is 5.00. The Hall–Kier alpha value is -2.96. The Morgan fingerprint density at radius 1 is 1.26 bits per heavy atom. The highest BCUT2D eigenvalue weighted by atomic mass is 16.5. The van der Waals surface area contributed by atoms with Crippen molar-refractivity contribution in [3.8, 4) is 5.75 Å². The molecule has 0 aliphatic carbocycles. The van der Waals surface area contributed by atoms with Crippen LogP contribution in [0.2, 0.25) is 0 Å². The number of ether oxygens (including phenoxy) is 2. The molecule has 0 bridgehead atoms. The first kappa shape index (κ1) is 15.0. The second kappa shape index (κ2) is 6.43. The number of hydrogen-bond donors (Lipinski definition) is 1. The third-order valence-corrected chi connectivity index (χ3v) is 3.50. The molecular weight excluding hydrogens is 298 g/mol. The lowest BCUT2D eigenvalue weighted by molar-refractivity contribution is 0.0593. The van der Waals surface area contributed by atoms with Gasteiger partial charge in [0.05, 0.1) is 13.7 Å². The van der Waals surface area contributed by atoms with Crippen LogP contribution in [0.4, 0.5) is 0 Å². The molecule has 1 aromatic heterocycles. The average Bonchev–Trinajstić information content (AvgIpc) is 3.06. The first-order chi connectivity index (χ1) is 11.2. The molecule has 7 heteroatoms. The van der Waals surface area contributed by atoms with Crippen LogP contribution in [0.3, 0.4) is 0 Å². The van der Waals surface area contributed by atoms with Crippen molar-refractivity contribution in [1.82, 2.24) is 15.3 Å². The summed E-state index contributed by atoms with van der Waals surface area (Å²) < 4.78 is 10.0. The number of nitrogens with zero attached hydrogens (tertiary/aromatic N) is 2. The van der Waals surface area contributed by atoms with Crippen molar-refractivity contribution in [2.75, 3.05) is 13.7 Å². The molecule has 1 N–H and O–H groups in total. The van der Waals surface area contributed by atoms with Gasteiger partial charge in [0.15, 0.2) is 5.69 Å². The number of methoxy groups -OCH3 is 1. The van der Waals surface area contributed by atoms with Gasteiger partial charge in [-0.25, -0.2) is 14.8 Å². The lowest BCUT2D eigenvalue weighted by Gasteiger charge is -2.07. The summed E-state index contributed by atoms with van der Waals surface area (Å²) in [6.07, 6.45) is 2.04. The SMILES string of the molecule is COC(=O)c1cc(C(=O)NCc2ccc3c(c2)CCO3)ncn1. The summed E-state index contributed by atoms with van der Waals surface area (Å²) in [7, 11) is 1.25. The molecule has 118 valence electrons. The maximum atomic E-state index is 12.1. The van der Waals surface area contributed by atoms with Crippen LogP contribution < -0.4 is 10.1 Å². The minimum Gasteiger partial charge on any atom is -0.493 e. The van der Waals surface area contributed by atoms with Crippen LogP contribution >= 0.6 is 0 Å². The molecule has 23 heavy (non-hydrogen) atoms. The smallest absolute Gasteiger partial charge is 0.356 e. The van der Waals surface area contributed by atoms with Gasteiger partial charge in [-0.2, -0.15) is 0 Å². The monoisotopic (exact) mass is 313 g/mol. The third kappa shape index (κ3) is 3.28. The highest BCUT2D eigenvalue weighted by Gasteiger charge is 2.15. The summed E-state index contributed by atoms with van der Waals surface area (Å²) in [4.78, 5) is 31.2. The Morgan fingerprint density at radius 3 is 2.91 bits per heavy atom. The van der Waals surface area contributed by atoms with Crippen molar-refractivity contribution in [2.24, 2.45) is 0 Å². The Morgan fingerprint density at radius 2 is 2.09 bits per heavy atom. The van der Waals surface area contributed by atoms with Crippen LogP contribution in [0, 0.1) is 0 Å². The van der Waals surface area contributed by atoms with E-state index in [0.717, 1.165) is 29.6 Å². The van der Waals surface area contributed by atoms with E-state index in [1.165, 1.54) is 13.2 Å². The second-order valence-electron chi connectivity index (χ2n) is 5.00. The topological polar surface area (TPSA) is 90.4 Å². The summed E-state index contributed by atoms with van der Waals surface area (Å²) in [6, 6.07) is 7.13. The quantitative estimate of drug-likeness (QED) is 0.851. The normalized spacial score (nSPS) is 12.2. The maximum absolute atomic E-state index is 12.1. The van der Waals surface area contributed by atoms with Crippen LogP contribution in [0.25, 0.3) is 0 Å². The predicted molar refractivity (Wildman–Crippen MR) is 80.2 cm³/mol. The Bertz CT molecular complexity index is 761. The van der Waals surface area contributed by atoms with Crippen LogP contribution in [0.15, 0.2) is 30.6 Å². The van der Waals surface area contributed by atoms with E-state index in [4.69, 9.17) is 4.74 Å². The van der Waals surface area contributed by atoms with Gasteiger partial charge in [0.25, 0.3) is 5.91 Å². The molecule has 0 saturated heterocycles. The van der Waals surface area contributed by atoms with E-state index < -0.39 is 5.97 Å². The minimum atomic E-state index is -0.611. The molecule has 3 rings (SSSR count). The van der Waals surface area contributed by atoms with Crippen molar-refractivity contribution in [3.63, 3.8) is 0 Å². The fraction of sp³-hybridized carbons (Fsp3) is 0.250. The van der Waals surface area contributed by atoms with Gasteiger partial charge in [-0.05, 0) is 17.2 Å². The highest BCUT2D eigenvalue weighted by Crippen LogP contribution is 2.25. The Kier molecular flexibility index (Phi) is 4.18. The van der Waals surface area contributed by atoms with Crippen molar-refractivity contribution >= 4 is 11.9 Å². The largest absolute Gasteiger partial charge is 0.493 e. The molecule has 1 aromatic carbocycles. The number of fused-ring (bicyclic) bond motifs is 1. The zero-order valence-electron chi connectivity index (χ0n) is 12.5. The molecule has 1 aliphatic heterocycles. The molecule has 0 saturated carbocycles. The number of amides is 1. The Balaban J connectivity index is 1.66. The van der Waals surface area contributed by atoms with Crippen LogP contribution in [-0.4, -0.2) is 35.6 Å². The molecule has 2 aromatic rings. The van der Waals surface area contributed by atoms with E-state index in [1.54, 1.807) is 0 Å². The van der Waals surface area contributed by atoms with Crippen LogP contribution in [0.1, 0.15) is 32.1 Å². The average molecular weight is 313 g/mol. The summed E-state index contributed by atoms with van der Waals surface area (Å²) in [5, 5.41) is 2.77. The molecule has 1 amide bonds. The number of hydrogen-bond acceptors (Lipinski definition) is 6. The van der Waals surface area contributed by atoms with Gasteiger partial charge in [0, 0.05) is 19.0 Å². The maximum Gasteiger partial charge on any atom is 0.356 e. The number of esters is 1. The van der Waals surface area contributed by atoms with E-state index in [0.29, 0.717) is 13.2 Å². The standard InChI is InChI=1S/C16H15N3O4/c1-22-16(21)13-7-12(18-9-19-13)15(20)17-8-10-2-3-14-11(6-10)4-5-23-14/h2-3,6-7,9H,4-5,8H2,1H3,(H,17,20). The van der Waals surface area contributed by atoms with E-state index in [2.05, 4.69) is 20.0 Å². The van der Waals surface area contributed by atoms with Crippen LogP contribution in [0.5, 0.6) is 5.75 Å². The number of carbonyl (C=O) groups is 2. The lowest BCUT2D eigenvalue weighted by atomic mass is 10.1. The molecular formula is C16H15N3O4. The molecule has 0 fully saturated rings. The lowest BCUT2D eigenvalue weighted by Crippen LogP contribution is -2.24. The van der Waals surface area contributed by atoms with Gasteiger partial charge in [-0.3, -0.25) is 4.79 Å². The van der Waals surface area contributed by atoms with Crippen LogP contribution in [-0.2, 0) is 17.7 Å². The number of carbonyl (C=O) groups excluding carboxylic acids is 2. The van der Waals surface area contributed by atoms with Gasteiger partial charge in [-0.15, -0.1) is 0 Å². The molecule has 0 radical (unpaired) electrons. The fourth-order valence-electron chi connectivity index (χ4n) is 2.32. The van der Waals surface area contributed by atoms with Gasteiger partial charge < -0.3 is 14.8 Å². The van der Waals surface area contributed by atoms with Crippen molar-refractivity contribution in [2.45, 2.75) is 13.0 Å². The number of rotatable bonds is 4. The first-order valence-electron chi connectivity index (χ1n) is 7.10. The molecule has 1 aliphatic rings. The molecule has 2 heterocycles. The number of aromatic nitrogens is 2. The molecule has 7 nitrogen and oxygen atoms in total. The summed E-state index contributed by atoms with van der Waals surface area (Å²) in [5.74, 6) is -0.0898. The van der Waals surface area contributed by atoms with Crippen molar-refractivity contribution in [1.29, 1.82) is 0 Å². The van der Waals surface area contributed by atoms with Crippen molar-refractivity contribution < 1.29 is 19.1 Å². The highest BCUT2D eigenvalue weighted by molar-refractivity contribution is 5.95. The molecule has 0 unspecified atom stereocenters. The van der Waals surface area contributed by atoms with E-state index in [1.807, 2.05) is 18.2 Å². The fourth-order valence-corrected chi connectivity index (χ4v) is 2.32. The molecule has 0 atom stereocenters. The number of benzene rings is 1. The predicted octanol–water partition coefficient (Wildman–Crippen LogP) is 1.13. The van der Waals surface area contributed by atoms with Gasteiger partial charge in [0.2, 0.25) is 0 Å². The van der Waals surface area contributed by atoms with Crippen molar-refractivity contribution in [3.05, 3.63) is 53.1 Å². The summed E-state index contributed by atoms with van der Waals surface area (Å²) in [6.45, 7) is 1.06. The first-order valence-corrected chi connectivity index (χ1v) is 7.10. The summed E-state index contributed by atoms with van der Waals surface area (Å²) in [5.41, 5.74) is 2.28. The van der Waals surface area contributed by atoms with E-state index in [-0.39, 0.29) is 17.3 Å². The number of nitrogens with one attached hydrogen (secondary N) is 1. The minimum absolute atomic E-state index is 0.0438. The van der Waals surface area contributed by atoms with Gasteiger partial charge in [-0.1, -0.05) is 12.1 Å². The molecule has 0 spiro atoms. The zero-order chi connectivity index (χ0) is 16.2. The van der Waals surface area contributed by atoms with E-state index >= 15 is 0 Å². The Labute approximate surface area is 132 Å². The summed E-state index contributed by atoms with van der Waals surface area (Å²) >= 11 is 0. The zero-order valence-corrected chi connectivity index (χ0v) is 12.5.